The zero-order valence-electron chi connectivity index (χ0n) is 15.8. The first-order valence-electron chi connectivity index (χ1n) is 9.19. The van der Waals surface area contributed by atoms with Crippen molar-refractivity contribution in [1.29, 1.82) is 0 Å². The Morgan fingerprint density at radius 3 is 2.23 bits per heavy atom. The van der Waals surface area contributed by atoms with Gasteiger partial charge in [-0.15, -0.1) is 0 Å². The maximum absolute atomic E-state index is 13.2. The van der Waals surface area contributed by atoms with Crippen molar-refractivity contribution >= 4 is 27.5 Å². The number of hydrogen-bond acceptors (Lipinski definition) is 4. The molecule has 0 aliphatic carbocycles. The minimum atomic E-state index is -3.65. The molecule has 1 saturated heterocycles. The van der Waals surface area contributed by atoms with E-state index in [4.69, 9.17) is 11.6 Å². The summed E-state index contributed by atoms with van der Waals surface area (Å²) in [5, 5.41) is 0.460. The van der Waals surface area contributed by atoms with Gasteiger partial charge in [-0.3, -0.25) is 9.36 Å². The molecule has 10 heteroatoms. The van der Waals surface area contributed by atoms with Crippen molar-refractivity contribution in [2.24, 2.45) is 0 Å². The molecule has 1 aliphatic rings. The second-order valence-electron chi connectivity index (χ2n) is 6.78. The highest BCUT2D eigenvalue weighted by molar-refractivity contribution is 7.89. The quantitative estimate of drug-likeness (QED) is 0.615. The van der Waals surface area contributed by atoms with Crippen LogP contribution in [0.4, 0.5) is 4.39 Å². The van der Waals surface area contributed by atoms with Gasteiger partial charge in [-0.2, -0.15) is 4.31 Å². The number of aromatic nitrogens is 2. The van der Waals surface area contributed by atoms with Gasteiger partial charge < -0.3 is 4.90 Å². The third-order valence-corrected chi connectivity index (χ3v) is 7.10. The number of piperazine rings is 1. The van der Waals surface area contributed by atoms with E-state index in [1.807, 2.05) is 0 Å². The zero-order chi connectivity index (χ0) is 21.3. The molecule has 0 atom stereocenters. The molecular weight excluding hydrogens is 431 g/mol. The molecule has 1 aliphatic heterocycles. The van der Waals surface area contributed by atoms with Crippen LogP contribution in [0.15, 0.2) is 66.0 Å². The van der Waals surface area contributed by atoms with Crippen LogP contribution >= 0.6 is 11.6 Å². The Bertz CT molecular complexity index is 1160. The van der Waals surface area contributed by atoms with Crippen LogP contribution in [0, 0.1) is 5.82 Å². The Morgan fingerprint density at radius 1 is 0.967 bits per heavy atom. The SMILES string of the molecule is O=C(c1cncn1-c1ccc(F)cc1)N1CCN(S(=O)(=O)c2ccc(Cl)cc2)CC1. The van der Waals surface area contributed by atoms with Crippen LogP contribution in [-0.4, -0.2) is 59.3 Å². The van der Waals surface area contributed by atoms with E-state index in [9.17, 15) is 17.6 Å². The van der Waals surface area contributed by atoms with Crippen LogP contribution in [0.2, 0.25) is 5.02 Å². The number of halogens is 2. The molecule has 2 aromatic carbocycles. The first kappa shape index (κ1) is 20.5. The van der Waals surface area contributed by atoms with E-state index in [-0.39, 0.29) is 42.8 Å². The van der Waals surface area contributed by atoms with Crippen molar-refractivity contribution in [1.82, 2.24) is 18.8 Å². The second-order valence-corrected chi connectivity index (χ2v) is 9.15. The summed E-state index contributed by atoms with van der Waals surface area (Å²) in [4.78, 5) is 18.8. The van der Waals surface area contributed by atoms with Gasteiger partial charge in [0.2, 0.25) is 10.0 Å². The summed E-state index contributed by atoms with van der Waals surface area (Å²) in [6.45, 7) is 0.864. The number of carbonyl (C=O) groups is 1. The number of hydrogen-bond donors (Lipinski definition) is 0. The third kappa shape index (κ3) is 3.96. The normalized spacial score (nSPS) is 15.3. The molecule has 0 unspecified atom stereocenters. The number of sulfonamides is 1. The Hall–Kier alpha value is -2.75. The molecule has 1 fully saturated rings. The highest BCUT2D eigenvalue weighted by atomic mass is 35.5. The molecule has 1 aromatic heterocycles. The number of benzene rings is 2. The highest BCUT2D eigenvalue weighted by Gasteiger charge is 2.31. The van der Waals surface area contributed by atoms with E-state index in [0.717, 1.165) is 0 Å². The van der Waals surface area contributed by atoms with Crippen molar-refractivity contribution in [3.63, 3.8) is 0 Å². The lowest BCUT2D eigenvalue weighted by atomic mass is 10.2. The Labute approximate surface area is 178 Å². The first-order chi connectivity index (χ1) is 14.4. The molecular formula is C20H18ClFN4O3S. The minimum absolute atomic E-state index is 0.168. The van der Waals surface area contributed by atoms with Gasteiger partial charge in [0.25, 0.3) is 5.91 Å². The van der Waals surface area contributed by atoms with Gasteiger partial charge in [-0.25, -0.2) is 17.8 Å². The number of nitrogens with zero attached hydrogens (tertiary/aromatic N) is 4. The number of amides is 1. The lowest BCUT2D eigenvalue weighted by Crippen LogP contribution is -2.50. The van der Waals surface area contributed by atoms with Crippen molar-refractivity contribution in [3.05, 3.63) is 77.6 Å². The molecule has 7 nitrogen and oxygen atoms in total. The van der Waals surface area contributed by atoms with Gasteiger partial charge in [0.05, 0.1) is 17.4 Å². The molecule has 0 saturated carbocycles. The van der Waals surface area contributed by atoms with E-state index >= 15 is 0 Å². The van der Waals surface area contributed by atoms with Crippen LogP contribution in [0.3, 0.4) is 0 Å². The number of rotatable bonds is 4. The maximum Gasteiger partial charge on any atom is 0.272 e. The predicted molar refractivity (Wildman–Crippen MR) is 110 cm³/mol. The fourth-order valence-corrected chi connectivity index (χ4v) is 4.86. The topological polar surface area (TPSA) is 75.5 Å². The smallest absolute Gasteiger partial charge is 0.272 e. The summed E-state index contributed by atoms with van der Waals surface area (Å²) in [6.07, 6.45) is 2.93. The molecule has 4 rings (SSSR count). The van der Waals surface area contributed by atoms with E-state index in [1.165, 1.54) is 53.2 Å². The summed E-state index contributed by atoms with van der Waals surface area (Å²) in [7, 11) is -3.65. The van der Waals surface area contributed by atoms with Crippen molar-refractivity contribution in [3.8, 4) is 5.69 Å². The van der Waals surface area contributed by atoms with Gasteiger partial charge in [0.15, 0.2) is 0 Å². The second kappa shape index (κ2) is 8.17. The maximum atomic E-state index is 13.2. The van der Waals surface area contributed by atoms with E-state index in [2.05, 4.69) is 4.98 Å². The molecule has 156 valence electrons. The Morgan fingerprint density at radius 2 is 1.60 bits per heavy atom. The summed E-state index contributed by atoms with van der Waals surface area (Å²) in [5.41, 5.74) is 0.941. The molecule has 0 spiro atoms. The van der Waals surface area contributed by atoms with Crippen LogP contribution in [0.5, 0.6) is 0 Å². The molecule has 30 heavy (non-hydrogen) atoms. The van der Waals surface area contributed by atoms with Gasteiger partial charge in [-0.05, 0) is 48.5 Å². The zero-order valence-corrected chi connectivity index (χ0v) is 17.4. The lowest BCUT2D eigenvalue weighted by Gasteiger charge is -2.34. The fraction of sp³-hybridized carbons (Fsp3) is 0.200. The standard InChI is InChI=1S/C20H18ClFN4O3S/c21-15-1-7-18(8-2-15)30(28,29)25-11-9-24(10-12-25)20(27)19-13-23-14-26(19)17-5-3-16(22)4-6-17/h1-8,13-14H,9-12H2. The predicted octanol–water partition coefficient (Wildman–Crippen LogP) is 2.81. The van der Waals surface area contributed by atoms with Crippen LogP contribution in [0.1, 0.15) is 10.5 Å². The van der Waals surface area contributed by atoms with Gasteiger partial charge in [-0.1, -0.05) is 11.6 Å². The van der Waals surface area contributed by atoms with Crippen LogP contribution < -0.4 is 0 Å². The summed E-state index contributed by atoms with van der Waals surface area (Å²) >= 11 is 5.84. The number of imidazole rings is 1. The summed E-state index contributed by atoms with van der Waals surface area (Å²) in [6, 6.07) is 11.7. The Balaban J connectivity index is 1.47. The molecule has 0 radical (unpaired) electrons. The molecule has 0 bridgehead atoms. The first-order valence-corrected chi connectivity index (χ1v) is 11.0. The molecule has 2 heterocycles. The number of carbonyl (C=O) groups excluding carboxylic acids is 1. The lowest BCUT2D eigenvalue weighted by molar-refractivity contribution is 0.0690. The van der Waals surface area contributed by atoms with Crippen molar-refractivity contribution < 1.29 is 17.6 Å². The minimum Gasteiger partial charge on any atom is -0.335 e. The monoisotopic (exact) mass is 448 g/mol. The summed E-state index contributed by atoms with van der Waals surface area (Å²) < 4.78 is 41.7. The third-order valence-electron chi connectivity index (χ3n) is 4.94. The summed E-state index contributed by atoms with van der Waals surface area (Å²) in [5.74, 6) is -0.634. The van der Waals surface area contributed by atoms with Crippen LogP contribution in [-0.2, 0) is 10.0 Å². The fourth-order valence-electron chi connectivity index (χ4n) is 3.31. The average molecular weight is 449 g/mol. The van der Waals surface area contributed by atoms with E-state index < -0.39 is 10.0 Å². The van der Waals surface area contributed by atoms with Gasteiger partial charge in [0, 0.05) is 36.9 Å². The van der Waals surface area contributed by atoms with E-state index in [0.29, 0.717) is 16.4 Å². The molecule has 3 aromatic rings. The van der Waals surface area contributed by atoms with Gasteiger partial charge >= 0.3 is 0 Å². The average Bonchev–Trinajstić information content (AvgIpc) is 3.24. The van der Waals surface area contributed by atoms with Crippen molar-refractivity contribution in [2.45, 2.75) is 4.90 Å². The van der Waals surface area contributed by atoms with Gasteiger partial charge in [0.1, 0.15) is 11.5 Å². The van der Waals surface area contributed by atoms with Crippen molar-refractivity contribution in [2.75, 3.05) is 26.2 Å². The molecule has 1 amide bonds. The Kier molecular flexibility index (Phi) is 5.59. The van der Waals surface area contributed by atoms with Crippen LogP contribution in [0.25, 0.3) is 5.69 Å². The largest absolute Gasteiger partial charge is 0.335 e. The van der Waals surface area contributed by atoms with E-state index in [1.54, 1.807) is 21.6 Å². The highest BCUT2D eigenvalue weighted by Crippen LogP contribution is 2.21. The molecule has 0 N–H and O–H groups in total.